The van der Waals surface area contributed by atoms with Crippen molar-refractivity contribution in [2.24, 2.45) is 0 Å². The first-order valence-electron chi connectivity index (χ1n) is 11.6. The first-order chi connectivity index (χ1) is 16.4. The van der Waals surface area contributed by atoms with E-state index < -0.39 is 0 Å². The number of carbonyl (C=O) groups is 1. The molecule has 0 radical (unpaired) electrons. The van der Waals surface area contributed by atoms with Gasteiger partial charge in [0.05, 0.1) is 11.7 Å². The maximum atomic E-state index is 13.8. The lowest BCUT2D eigenvalue weighted by atomic mass is 10.0. The van der Waals surface area contributed by atoms with Gasteiger partial charge >= 0.3 is 0 Å². The lowest BCUT2D eigenvalue weighted by Gasteiger charge is -2.40. The fraction of sp³-hybridized carbons (Fsp3) is 0.346. The molecular formula is C26H28BrN5O2. The predicted molar refractivity (Wildman–Crippen MR) is 137 cm³/mol. The smallest absolute Gasteiger partial charge is 0.298 e. The second kappa shape index (κ2) is 9.35. The molecule has 34 heavy (non-hydrogen) atoms. The molecule has 8 heteroatoms. The number of amides is 1. The van der Waals surface area contributed by atoms with E-state index >= 15 is 0 Å². The van der Waals surface area contributed by atoms with Gasteiger partial charge in [0.2, 0.25) is 0 Å². The van der Waals surface area contributed by atoms with E-state index in [0.717, 1.165) is 37.1 Å². The number of piperazine rings is 1. The van der Waals surface area contributed by atoms with Crippen LogP contribution in [0.15, 0.2) is 64.1 Å². The van der Waals surface area contributed by atoms with Gasteiger partial charge in [0.15, 0.2) is 5.82 Å². The monoisotopic (exact) mass is 521 g/mol. The minimum atomic E-state index is -0.198. The van der Waals surface area contributed by atoms with Gasteiger partial charge in [0.25, 0.3) is 11.5 Å². The van der Waals surface area contributed by atoms with Gasteiger partial charge in [0, 0.05) is 37.4 Å². The summed E-state index contributed by atoms with van der Waals surface area (Å²) in [5, 5.41) is 3.02. The topological polar surface area (TPSA) is 70.5 Å². The molecule has 1 atom stereocenters. The fourth-order valence-electron chi connectivity index (χ4n) is 4.46. The third kappa shape index (κ3) is 4.65. The van der Waals surface area contributed by atoms with Crippen molar-refractivity contribution < 1.29 is 4.79 Å². The Morgan fingerprint density at radius 2 is 1.88 bits per heavy atom. The van der Waals surface area contributed by atoms with Crippen molar-refractivity contribution in [3.63, 3.8) is 0 Å². The largest absolute Gasteiger partial charge is 0.349 e. The Labute approximate surface area is 207 Å². The molecule has 3 aromatic rings. The highest BCUT2D eigenvalue weighted by atomic mass is 79.9. The van der Waals surface area contributed by atoms with Crippen LogP contribution >= 0.6 is 15.9 Å². The fourth-order valence-corrected chi connectivity index (χ4v) is 4.83. The van der Waals surface area contributed by atoms with E-state index in [1.165, 1.54) is 0 Å². The Kier molecular flexibility index (Phi) is 6.27. The zero-order valence-electron chi connectivity index (χ0n) is 19.4. The third-order valence-electron chi connectivity index (χ3n) is 6.54. The molecule has 1 aliphatic heterocycles. The summed E-state index contributed by atoms with van der Waals surface area (Å²) in [6.07, 6.45) is 3.74. The van der Waals surface area contributed by atoms with Crippen LogP contribution in [0.4, 0.5) is 5.82 Å². The lowest BCUT2D eigenvalue weighted by molar-refractivity contribution is 0.0951. The highest BCUT2D eigenvalue weighted by Crippen LogP contribution is 2.29. The molecule has 1 aromatic heterocycles. The first-order valence-corrected chi connectivity index (χ1v) is 12.4. The summed E-state index contributed by atoms with van der Waals surface area (Å²) in [6, 6.07) is 16.0. The Balaban J connectivity index is 1.57. The minimum absolute atomic E-state index is 0.0136. The summed E-state index contributed by atoms with van der Waals surface area (Å²) in [4.78, 5) is 35.5. The van der Waals surface area contributed by atoms with E-state index in [1.807, 2.05) is 37.3 Å². The van der Waals surface area contributed by atoms with Crippen LogP contribution in [0.2, 0.25) is 0 Å². The molecule has 0 spiro atoms. The second-order valence-electron chi connectivity index (χ2n) is 9.19. The van der Waals surface area contributed by atoms with E-state index in [9.17, 15) is 9.59 Å². The van der Waals surface area contributed by atoms with Crippen LogP contribution in [0.5, 0.6) is 0 Å². The number of hydrogen-bond acceptors (Lipinski definition) is 5. The average molecular weight is 522 g/mol. The van der Waals surface area contributed by atoms with Crippen LogP contribution in [-0.4, -0.2) is 53.1 Å². The number of aryl methyl sites for hydroxylation is 1. The number of nitrogens with zero attached hydrogens (tertiary/aromatic N) is 4. The SMILES string of the molecule is Cc1ccc(C(=O)NC2CC2)cc1-n1cc(Br)nc(N2CCN(C)CC2c2ccccc2)c1=O. The van der Waals surface area contributed by atoms with Gasteiger partial charge in [-0.25, -0.2) is 4.98 Å². The standard InChI is InChI=1S/C26H28BrN5O2/c1-17-8-9-19(25(33)28-20-10-11-20)14-21(17)32-16-23(27)29-24(26(32)34)31-13-12-30(2)15-22(31)18-6-4-3-5-7-18/h3-9,14,16,20,22H,10-13,15H2,1-2H3,(H,28,33). The normalized spacial score (nSPS) is 18.7. The Morgan fingerprint density at radius 1 is 1.12 bits per heavy atom. The summed E-state index contributed by atoms with van der Waals surface area (Å²) in [5.41, 5.74) is 3.10. The second-order valence-corrected chi connectivity index (χ2v) is 10.0. The summed E-state index contributed by atoms with van der Waals surface area (Å²) in [7, 11) is 2.10. The van der Waals surface area contributed by atoms with Gasteiger partial charge in [-0.1, -0.05) is 36.4 Å². The number of aromatic nitrogens is 2. The molecule has 2 fully saturated rings. The number of halogens is 1. The molecule has 1 amide bonds. The molecule has 2 heterocycles. The Hall–Kier alpha value is -2.97. The molecule has 1 saturated carbocycles. The summed E-state index contributed by atoms with van der Waals surface area (Å²) < 4.78 is 2.18. The molecule has 1 saturated heterocycles. The Bertz CT molecular complexity index is 1270. The van der Waals surface area contributed by atoms with Gasteiger partial charge < -0.3 is 15.1 Å². The minimum Gasteiger partial charge on any atom is -0.349 e. The molecular weight excluding hydrogens is 494 g/mol. The van der Waals surface area contributed by atoms with Gasteiger partial charge in [0.1, 0.15) is 4.60 Å². The molecule has 7 nitrogen and oxygen atoms in total. The van der Waals surface area contributed by atoms with Crippen LogP contribution < -0.4 is 15.8 Å². The number of carbonyl (C=O) groups excluding carboxylic acids is 1. The summed E-state index contributed by atoms with van der Waals surface area (Å²) in [6.45, 7) is 4.28. The van der Waals surface area contributed by atoms with Crippen molar-refractivity contribution >= 4 is 27.7 Å². The van der Waals surface area contributed by atoms with Crippen molar-refractivity contribution in [3.05, 3.63) is 86.4 Å². The van der Waals surface area contributed by atoms with Gasteiger partial charge in [-0.05, 0) is 66.0 Å². The van der Waals surface area contributed by atoms with Crippen molar-refractivity contribution in [1.29, 1.82) is 0 Å². The van der Waals surface area contributed by atoms with E-state index in [2.05, 4.69) is 55.2 Å². The maximum Gasteiger partial charge on any atom is 0.298 e. The summed E-state index contributed by atoms with van der Waals surface area (Å²) >= 11 is 3.52. The van der Waals surface area contributed by atoms with Crippen LogP contribution in [0.3, 0.4) is 0 Å². The third-order valence-corrected chi connectivity index (χ3v) is 6.92. The number of hydrogen-bond donors (Lipinski definition) is 1. The molecule has 1 aliphatic carbocycles. The molecule has 5 rings (SSSR count). The molecule has 176 valence electrons. The van der Waals surface area contributed by atoms with Crippen LogP contribution in [0.25, 0.3) is 5.69 Å². The molecule has 2 aliphatic rings. The van der Waals surface area contributed by atoms with Gasteiger partial charge in [-0.3, -0.25) is 14.2 Å². The molecule has 1 N–H and O–H groups in total. The van der Waals surface area contributed by atoms with Crippen molar-refractivity contribution in [2.75, 3.05) is 31.6 Å². The van der Waals surface area contributed by atoms with Crippen molar-refractivity contribution in [2.45, 2.75) is 31.8 Å². The van der Waals surface area contributed by atoms with E-state index in [1.54, 1.807) is 16.8 Å². The number of nitrogens with one attached hydrogen (secondary N) is 1. The molecule has 2 aromatic carbocycles. The maximum absolute atomic E-state index is 13.8. The lowest BCUT2D eigenvalue weighted by Crippen LogP contribution is -2.49. The highest BCUT2D eigenvalue weighted by Gasteiger charge is 2.30. The zero-order chi connectivity index (χ0) is 23.8. The number of rotatable bonds is 5. The van der Waals surface area contributed by atoms with Crippen LogP contribution in [-0.2, 0) is 0 Å². The Morgan fingerprint density at radius 3 is 2.62 bits per heavy atom. The molecule has 0 bridgehead atoms. The average Bonchev–Trinajstić information content (AvgIpc) is 3.65. The van der Waals surface area contributed by atoms with E-state index in [4.69, 9.17) is 0 Å². The van der Waals surface area contributed by atoms with E-state index in [0.29, 0.717) is 28.2 Å². The quantitative estimate of drug-likeness (QED) is 0.554. The van der Waals surface area contributed by atoms with E-state index in [-0.39, 0.29) is 23.6 Å². The van der Waals surface area contributed by atoms with Crippen molar-refractivity contribution in [1.82, 2.24) is 19.8 Å². The number of anilines is 1. The zero-order valence-corrected chi connectivity index (χ0v) is 21.0. The van der Waals surface area contributed by atoms with Crippen molar-refractivity contribution in [3.8, 4) is 5.69 Å². The van der Waals surface area contributed by atoms with Gasteiger partial charge in [-0.15, -0.1) is 0 Å². The van der Waals surface area contributed by atoms with Gasteiger partial charge in [-0.2, -0.15) is 0 Å². The van der Waals surface area contributed by atoms with Crippen LogP contribution in [0, 0.1) is 6.92 Å². The highest BCUT2D eigenvalue weighted by molar-refractivity contribution is 9.10. The first kappa shape index (κ1) is 22.8. The molecule has 1 unspecified atom stereocenters. The predicted octanol–water partition coefficient (Wildman–Crippen LogP) is 3.69. The number of benzene rings is 2. The van der Waals surface area contributed by atoms with Crippen LogP contribution in [0.1, 0.15) is 40.4 Å². The number of likely N-dealkylation sites (N-methyl/N-ethyl adjacent to an activating group) is 1. The summed E-state index contributed by atoms with van der Waals surface area (Å²) in [5.74, 6) is 0.303.